The first-order valence-electron chi connectivity index (χ1n) is 6.91. The molecule has 0 aromatic heterocycles. The van der Waals surface area contributed by atoms with E-state index < -0.39 is 0 Å². The van der Waals surface area contributed by atoms with E-state index in [9.17, 15) is 0 Å². The minimum Gasteiger partial charge on any atom is -0.103 e. The second-order valence-electron chi connectivity index (χ2n) is 5.47. The lowest BCUT2D eigenvalue weighted by Crippen LogP contribution is -2.08. The molecule has 4 unspecified atom stereocenters. The van der Waals surface area contributed by atoms with E-state index in [0.717, 1.165) is 11.8 Å². The van der Waals surface area contributed by atoms with E-state index in [0.29, 0.717) is 11.8 Å². The fourth-order valence-electron chi connectivity index (χ4n) is 3.54. The maximum Gasteiger partial charge on any atom is -0.0133 e. The summed E-state index contributed by atoms with van der Waals surface area (Å²) < 4.78 is 0. The number of fused-ring (bicyclic) bond motifs is 1. The standard InChI is InChI=1S/C18H20/c1-2-15-13-16(18-10-6-9-17(15)18)12-11-14-7-4-3-5-8-14/h2-8,10-12,15-18H,1,9,13H2/b12-11+. The molecule has 0 heterocycles. The second kappa shape index (κ2) is 4.97. The normalized spacial score (nSPS) is 34.0. The zero-order chi connectivity index (χ0) is 12.4. The minimum atomic E-state index is 0.692. The molecule has 0 bridgehead atoms. The molecular weight excluding hydrogens is 216 g/mol. The maximum absolute atomic E-state index is 4.00. The number of hydrogen-bond donors (Lipinski definition) is 0. The van der Waals surface area contributed by atoms with Gasteiger partial charge in [0, 0.05) is 0 Å². The Labute approximate surface area is 110 Å². The van der Waals surface area contributed by atoms with Crippen LogP contribution in [0.25, 0.3) is 6.08 Å². The average molecular weight is 236 g/mol. The van der Waals surface area contributed by atoms with Crippen molar-refractivity contribution in [3.8, 4) is 0 Å². The number of rotatable bonds is 3. The zero-order valence-electron chi connectivity index (χ0n) is 10.7. The van der Waals surface area contributed by atoms with Crippen LogP contribution >= 0.6 is 0 Å². The van der Waals surface area contributed by atoms with Crippen LogP contribution in [0.5, 0.6) is 0 Å². The van der Waals surface area contributed by atoms with Crippen molar-refractivity contribution >= 4 is 6.08 Å². The van der Waals surface area contributed by atoms with Crippen molar-refractivity contribution in [1.82, 2.24) is 0 Å². The van der Waals surface area contributed by atoms with Gasteiger partial charge in [0.15, 0.2) is 0 Å². The second-order valence-corrected chi connectivity index (χ2v) is 5.47. The van der Waals surface area contributed by atoms with Crippen molar-refractivity contribution in [2.45, 2.75) is 12.8 Å². The highest BCUT2D eigenvalue weighted by molar-refractivity contribution is 5.49. The Morgan fingerprint density at radius 3 is 2.72 bits per heavy atom. The fourth-order valence-corrected chi connectivity index (χ4v) is 3.54. The molecule has 4 atom stereocenters. The highest BCUT2D eigenvalue weighted by Gasteiger charge is 2.40. The Balaban J connectivity index is 1.75. The van der Waals surface area contributed by atoms with Crippen molar-refractivity contribution in [2.75, 3.05) is 0 Å². The van der Waals surface area contributed by atoms with E-state index >= 15 is 0 Å². The minimum absolute atomic E-state index is 0.692. The molecule has 1 aromatic rings. The highest BCUT2D eigenvalue weighted by atomic mass is 14.4. The van der Waals surface area contributed by atoms with Crippen LogP contribution in [0.4, 0.5) is 0 Å². The lowest BCUT2D eigenvalue weighted by molar-refractivity contribution is 0.414. The molecule has 1 saturated carbocycles. The van der Waals surface area contributed by atoms with Gasteiger partial charge in [0.05, 0.1) is 0 Å². The first-order valence-corrected chi connectivity index (χ1v) is 6.91. The van der Waals surface area contributed by atoms with Crippen LogP contribution in [0.2, 0.25) is 0 Å². The third-order valence-electron chi connectivity index (χ3n) is 4.49. The molecule has 0 spiro atoms. The maximum atomic E-state index is 4.00. The Kier molecular flexibility index (Phi) is 3.19. The predicted octanol–water partition coefficient (Wildman–Crippen LogP) is 4.71. The molecule has 92 valence electrons. The van der Waals surface area contributed by atoms with Crippen molar-refractivity contribution in [3.63, 3.8) is 0 Å². The van der Waals surface area contributed by atoms with Crippen LogP contribution in [0, 0.1) is 23.7 Å². The molecule has 0 amide bonds. The number of allylic oxidation sites excluding steroid dienone is 4. The SMILES string of the molecule is C=CC1CC(/C=C/c2ccccc2)C2C=CCC12. The average Bonchev–Trinajstić information content (AvgIpc) is 3.00. The smallest absolute Gasteiger partial charge is 0.0133 e. The van der Waals surface area contributed by atoms with Gasteiger partial charge in [-0.25, -0.2) is 0 Å². The third-order valence-corrected chi connectivity index (χ3v) is 4.49. The summed E-state index contributed by atoms with van der Waals surface area (Å²) in [6.45, 7) is 4.00. The summed E-state index contributed by atoms with van der Waals surface area (Å²) >= 11 is 0. The number of hydrogen-bond acceptors (Lipinski definition) is 0. The zero-order valence-corrected chi connectivity index (χ0v) is 10.7. The van der Waals surface area contributed by atoms with E-state index in [-0.39, 0.29) is 0 Å². The van der Waals surface area contributed by atoms with Gasteiger partial charge in [0.25, 0.3) is 0 Å². The Morgan fingerprint density at radius 1 is 1.11 bits per heavy atom. The first-order chi connectivity index (χ1) is 8.88. The lowest BCUT2D eigenvalue weighted by atomic mass is 9.89. The summed E-state index contributed by atoms with van der Waals surface area (Å²) in [7, 11) is 0. The third kappa shape index (κ3) is 2.08. The van der Waals surface area contributed by atoms with Gasteiger partial charge in [-0.2, -0.15) is 0 Å². The summed E-state index contributed by atoms with van der Waals surface area (Å²) in [6.07, 6.45) is 14.2. The molecule has 1 aromatic carbocycles. The van der Waals surface area contributed by atoms with Crippen LogP contribution in [0.1, 0.15) is 18.4 Å². The molecule has 0 saturated heterocycles. The molecule has 2 aliphatic rings. The van der Waals surface area contributed by atoms with Gasteiger partial charge in [-0.05, 0) is 42.1 Å². The Bertz CT molecular complexity index is 466. The molecule has 0 heteroatoms. The van der Waals surface area contributed by atoms with E-state index in [4.69, 9.17) is 0 Å². The Morgan fingerprint density at radius 2 is 1.94 bits per heavy atom. The van der Waals surface area contributed by atoms with Gasteiger partial charge in [-0.15, -0.1) is 6.58 Å². The van der Waals surface area contributed by atoms with Crippen LogP contribution < -0.4 is 0 Å². The largest absolute Gasteiger partial charge is 0.103 e. The van der Waals surface area contributed by atoms with Gasteiger partial charge >= 0.3 is 0 Å². The van der Waals surface area contributed by atoms with E-state index in [2.05, 4.69) is 67.3 Å². The summed E-state index contributed by atoms with van der Waals surface area (Å²) in [5, 5.41) is 0. The fraction of sp³-hybridized carbons (Fsp3) is 0.333. The van der Waals surface area contributed by atoms with Gasteiger partial charge in [-0.3, -0.25) is 0 Å². The molecule has 0 radical (unpaired) electrons. The molecule has 0 N–H and O–H groups in total. The lowest BCUT2D eigenvalue weighted by Gasteiger charge is -2.15. The van der Waals surface area contributed by atoms with Gasteiger partial charge < -0.3 is 0 Å². The van der Waals surface area contributed by atoms with Crippen molar-refractivity contribution in [2.24, 2.45) is 23.7 Å². The van der Waals surface area contributed by atoms with Gasteiger partial charge in [-0.1, -0.05) is 60.7 Å². The summed E-state index contributed by atoms with van der Waals surface area (Å²) in [6, 6.07) is 10.6. The van der Waals surface area contributed by atoms with Crippen molar-refractivity contribution in [1.29, 1.82) is 0 Å². The van der Waals surface area contributed by atoms with Crippen LogP contribution in [0.3, 0.4) is 0 Å². The van der Waals surface area contributed by atoms with Gasteiger partial charge in [0.2, 0.25) is 0 Å². The Hall–Kier alpha value is -1.56. The molecule has 3 rings (SSSR count). The summed E-state index contributed by atoms with van der Waals surface area (Å²) in [5.41, 5.74) is 1.30. The quantitative estimate of drug-likeness (QED) is 0.666. The van der Waals surface area contributed by atoms with Crippen LogP contribution in [-0.2, 0) is 0 Å². The summed E-state index contributed by atoms with van der Waals surface area (Å²) in [5.74, 6) is 2.95. The van der Waals surface area contributed by atoms with Crippen LogP contribution in [0.15, 0.2) is 61.2 Å². The number of benzene rings is 1. The van der Waals surface area contributed by atoms with E-state index in [1.165, 1.54) is 18.4 Å². The molecule has 0 aliphatic heterocycles. The van der Waals surface area contributed by atoms with E-state index in [1.54, 1.807) is 0 Å². The van der Waals surface area contributed by atoms with Gasteiger partial charge in [0.1, 0.15) is 0 Å². The molecular formula is C18H20. The molecule has 0 nitrogen and oxygen atoms in total. The molecule has 18 heavy (non-hydrogen) atoms. The van der Waals surface area contributed by atoms with E-state index in [1.807, 2.05) is 0 Å². The molecule has 1 fully saturated rings. The van der Waals surface area contributed by atoms with Crippen molar-refractivity contribution in [3.05, 3.63) is 66.8 Å². The van der Waals surface area contributed by atoms with Crippen molar-refractivity contribution < 1.29 is 0 Å². The highest BCUT2D eigenvalue weighted by Crippen LogP contribution is 2.48. The van der Waals surface area contributed by atoms with Crippen LogP contribution in [-0.4, -0.2) is 0 Å². The summed E-state index contributed by atoms with van der Waals surface area (Å²) in [4.78, 5) is 0. The topological polar surface area (TPSA) is 0 Å². The predicted molar refractivity (Wildman–Crippen MR) is 78.0 cm³/mol. The monoisotopic (exact) mass is 236 g/mol. The first kappa shape index (κ1) is 11.5. The molecule has 2 aliphatic carbocycles.